The van der Waals surface area contributed by atoms with Crippen molar-refractivity contribution in [1.82, 2.24) is 0 Å². The molecule has 0 spiro atoms. The Labute approximate surface area is 210 Å². The first-order valence-corrected chi connectivity index (χ1v) is 13.6. The van der Waals surface area contributed by atoms with Crippen LogP contribution in [0.1, 0.15) is 55.2 Å². The summed E-state index contributed by atoms with van der Waals surface area (Å²) in [6.45, 7) is 0. The average Bonchev–Trinajstić information content (AvgIpc) is 2.90. The quantitative estimate of drug-likeness (QED) is 0.282. The highest BCUT2D eigenvalue weighted by Gasteiger charge is 2.51. The van der Waals surface area contributed by atoms with Crippen LogP contribution in [0.25, 0.3) is 22.3 Å². The van der Waals surface area contributed by atoms with Crippen LogP contribution in [-0.4, -0.2) is 0 Å². The predicted molar refractivity (Wildman–Crippen MR) is 146 cm³/mol. The van der Waals surface area contributed by atoms with E-state index in [4.69, 9.17) is 0 Å². The minimum atomic E-state index is 0.493. The summed E-state index contributed by atoms with van der Waals surface area (Å²) in [5.74, 6) is 3.01. The maximum absolute atomic E-state index is 2.46. The van der Waals surface area contributed by atoms with Gasteiger partial charge in [0, 0.05) is 0 Å². The van der Waals surface area contributed by atoms with E-state index in [9.17, 15) is 0 Å². The van der Waals surface area contributed by atoms with Crippen molar-refractivity contribution in [2.75, 3.05) is 0 Å². The van der Waals surface area contributed by atoms with Gasteiger partial charge in [0.05, 0.1) is 0 Å². The van der Waals surface area contributed by atoms with E-state index in [2.05, 4.69) is 103 Å². The van der Waals surface area contributed by atoms with Crippen LogP contribution in [0.15, 0.2) is 103 Å². The van der Waals surface area contributed by atoms with Gasteiger partial charge in [-0.15, -0.1) is 0 Å². The first-order chi connectivity index (χ1) is 17.2. The summed E-state index contributed by atoms with van der Waals surface area (Å²) in [5, 5.41) is 0. The molecule has 0 heterocycles. The van der Waals surface area contributed by atoms with Crippen LogP contribution in [-0.2, 0) is 11.8 Å². The van der Waals surface area contributed by atoms with Crippen molar-refractivity contribution < 1.29 is 0 Å². The fraction of sp³-hybridized carbons (Fsp3) is 0.314. The van der Waals surface area contributed by atoms with Crippen molar-refractivity contribution in [1.29, 1.82) is 0 Å². The molecule has 0 heteroatoms. The summed E-state index contributed by atoms with van der Waals surface area (Å²) < 4.78 is 0. The Bertz CT molecular complexity index is 1260. The van der Waals surface area contributed by atoms with Crippen LogP contribution in [0.5, 0.6) is 0 Å². The van der Waals surface area contributed by atoms with Gasteiger partial charge in [-0.05, 0) is 107 Å². The number of rotatable bonds is 5. The topological polar surface area (TPSA) is 0 Å². The molecule has 35 heavy (non-hydrogen) atoms. The highest BCUT2D eigenvalue weighted by Crippen LogP contribution is 2.60. The van der Waals surface area contributed by atoms with Crippen molar-refractivity contribution in [3.63, 3.8) is 0 Å². The second-order valence-corrected chi connectivity index (χ2v) is 11.7. The Morgan fingerprint density at radius 3 is 1.31 bits per heavy atom. The third-order valence-electron chi connectivity index (χ3n) is 9.29. The van der Waals surface area contributed by atoms with E-state index in [1.54, 1.807) is 5.56 Å². The van der Waals surface area contributed by atoms with E-state index in [0.29, 0.717) is 5.41 Å². The Balaban J connectivity index is 1.05. The van der Waals surface area contributed by atoms with Crippen molar-refractivity contribution in [2.24, 2.45) is 17.8 Å². The van der Waals surface area contributed by atoms with Gasteiger partial charge in [-0.1, -0.05) is 103 Å². The maximum atomic E-state index is 2.46. The smallest absolute Gasteiger partial charge is 0.00258 e. The molecule has 4 saturated carbocycles. The molecule has 0 aliphatic heterocycles. The lowest BCUT2D eigenvalue weighted by atomic mass is 9.48. The zero-order valence-corrected chi connectivity index (χ0v) is 20.5. The normalized spacial score (nSPS) is 26.7. The molecule has 0 N–H and O–H groups in total. The molecule has 0 saturated heterocycles. The van der Waals surface area contributed by atoms with E-state index in [-0.39, 0.29) is 0 Å². The molecule has 0 amide bonds. The van der Waals surface area contributed by atoms with E-state index in [1.807, 2.05) is 0 Å². The summed E-state index contributed by atoms with van der Waals surface area (Å²) in [4.78, 5) is 0. The van der Waals surface area contributed by atoms with Crippen molar-refractivity contribution >= 4 is 0 Å². The van der Waals surface area contributed by atoms with Gasteiger partial charge in [0.1, 0.15) is 0 Å². The van der Waals surface area contributed by atoms with Crippen molar-refractivity contribution in [2.45, 2.75) is 50.4 Å². The third-order valence-corrected chi connectivity index (χ3v) is 9.29. The molecule has 4 fully saturated rings. The number of hydrogen-bond acceptors (Lipinski definition) is 0. The molecule has 0 nitrogen and oxygen atoms in total. The van der Waals surface area contributed by atoms with Gasteiger partial charge in [0.2, 0.25) is 0 Å². The molecule has 8 rings (SSSR count). The zero-order valence-electron chi connectivity index (χ0n) is 20.5. The monoisotopic (exact) mass is 454 g/mol. The standard InChI is InChI=1S/C35H34/c1-2-4-30(5-3-1)31-10-6-25(7-11-31)18-26-8-12-32(13-9-26)33-14-16-34(17-15-33)35-22-27-19-28(23-35)21-29(20-27)24-35/h1-17,27-29H,18-24H2. The van der Waals surface area contributed by atoms with Gasteiger partial charge in [-0.25, -0.2) is 0 Å². The Morgan fingerprint density at radius 2 is 0.857 bits per heavy atom. The summed E-state index contributed by atoms with van der Waals surface area (Å²) in [6.07, 6.45) is 9.85. The molecular weight excluding hydrogens is 420 g/mol. The van der Waals surface area contributed by atoms with Gasteiger partial charge in [0.15, 0.2) is 0 Å². The summed E-state index contributed by atoms with van der Waals surface area (Å²) in [7, 11) is 0. The van der Waals surface area contributed by atoms with Gasteiger partial charge in [0.25, 0.3) is 0 Å². The van der Waals surface area contributed by atoms with Crippen LogP contribution in [0.3, 0.4) is 0 Å². The third kappa shape index (κ3) is 4.04. The second kappa shape index (κ2) is 8.52. The Kier molecular flexibility index (Phi) is 5.16. The largest absolute Gasteiger partial charge is 0.0622 e. The molecule has 4 aromatic carbocycles. The Morgan fingerprint density at radius 1 is 0.457 bits per heavy atom. The molecule has 0 aromatic heterocycles. The lowest BCUT2D eigenvalue weighted by Crippen LogP contribution is -2.48. The van der Waals surface area contributed by atoms with Gasteiger partial charge in [-0.3, -0.25) is 0 Å². The van der Waals surface area contributed by atoms with Crippen LogP contribution < -0.4 is 0 Å². The molecule has 4 aliphatic rings. The first-order valence-electron chi connectivity index (χ1n) is 13.6. The molecule has 4 aromatic rings. The molecule has 4 bridgehead atoms. The SMILES string of the molecule is c1ccc(-c2ccc(Cc3ccc(-c4ccc(C56CC7CC(CC(C7)C5)C6)cc4)cc3)cc2)cc1. The van der Waals surface area contributed by atoms with E-state index >= 15 is 0 Å². The molecule has 174 valence electrons. The van der Waals surface area contributed by atoms with Crippen LogP contribution in [0.4, 0.5) is 0 Å². The predicted octanol–water partition coefficient (Wildman–Crippen LogP) is 9.08. The molecule has 0 unspecified atom stereocenters. The van der Waals surface area contributed by atoms with E-state index in [1.165, 1.54) is 71.9 Å². The highest BCUT2D eigenvalue weighted by atomic mass is 14.6. The maximum Gasteiger partial charge on any atom is -0.00258 e. The Hall–Kier alpha value is -3.12. The molecule has 0 atom stereocenters. The molecule has 0 radical (unpaired) electrons. The summed E-state index contributed by atoms with van der Waals surface area (Å²) in [5.41, 5.74) is 10.1. The fourth-order valence-corrected chi connectivity index (χ4v) is 7.98. The van der Waals surface area contributed by atoms with Gasteiger partial charge in [-0.2, -0.15) is 0 Å². The fourth-order valence-electron chi connectivity index (χ4n) is 7.98. The average molecular weight is 455 g/mol. The lowest BCUT2D eigenvalue weighted by Gasteiger charge is -2.57. The molecular formula is C35H34. The minimum absolute atomic E-state index is 0.493. The van der Waals surface area contributed by atoms with Crippen LogP contribution in [0, 0.1) is 17.8 Å². The highest BCUT2D eigenvalue weighted by molar-refractivity contribution is 5.65. The van der Waals surface area contributed by atoms with E-state index in [0.717, 1.165) is 24.2 Å². The molecule has 4 aliphatic carbocycles. The van der Waals surface area contributed by atoms with Crippen molar-refractivity contribution in [3.8, 4) is 22.3 Å². The first kappa shape index (κ1) is 21.2. The van der Waals surface area contributed by atoms with Crippen LogP contribution in [0.2, 0.25) is 0 Å². The minimum Gasteiger partial charge on any atom is -0.0622 e. The number of hydrogen-bond donors (Lipinski definition) is 0. The van der Waals surface area contributed by atoms with Crippen LogP contribution >= 0.6 is 0 Å². The lowest BCUT2D eigenvalue weighted by molar-refractivity contribution is -0.00518. The second-order valence-electron chi connectivity index (χ2n) is 11.7. The van der Waals surface area contributed by atoms with Gasteiger partial charge >= 0.3 is 0 Å². The number of benzene rings is 4. The van der Waals surface area contributed by atoms with Crippen molar-refractivity contribution in [3.05, 3.63) is 120 Å². The van der Waals surface area contributed by atoms with Gasteiger partial charge < -0.3 is 0 Å². The van der Waals surface area contributed by atoms with E-state index < -0.39 is 0 Å². The zero-order chi connectivity index (χ0) is 23.2. The summed E-state index contributed by atoms with van der Waals surface area (Å²) >= 11 is 0. The summed E-state index contributed by atoms with van der Waals surface area (Å²) in [6, 6.07) is 38.5.